The van der Waals surface area contributed by atoms with Crippen LogP contribution in [0.4, 0.5) is 0 Å². The molecule has 1 aliphatic carbocycles. The van der Waals surface area contributed by atoms with E-state index in [9.17, 15) is 29.1 Å². The Morgan fingerprint density at radius 3 is 1.97 bits per heavy atom. The Kier molecular flexibility index (Phi) is 19.8. The number of oxime groups is 1. The van der Waals surface area contributed by atoms with Gasteiger partial charge in [0, 0.05) is 28.0 Å². The van der Waals surface area contributed by atoms with E-state index in [2.05, 4.69) is 24.2 Å². The minimum Gasteiger partial charge on any atom is -0.491 e. The summed E-state index contributed by atoms with van der Waals surface area (Å²) in [5, 5.41) is 13.9. The molecule has 13 heteroatoms. The fourth-order valence-corrected chi connectivity index (χ4v) is 8.61. The molecule has 1 aliphatic rings. The van der Waals surface area contributed by atoms with Crippen LogP contribution < -0.4 is 4.74 Å². The molecule has 1 N–H and O–H groups in total. The van der Waals surface area contributed by atoms with Crippen LogP contribution in [-0.2, 0) is 38.2 Å². The van der Waals surface area contributed by atoms with Gasteiger partial charge in [-0.05, 0) is 145 Å². The summed E-state index contributed by atoms with van der Waals surface area (Å²) in [4.78, 5) is 72.7. The highest BCUT2D eigenvalue weighted by molar-refractivity contribution is 7.99. The van der Waals surface area contributed by atoms with Crippen molar-refractivity contribution in [2.75, 3.05) is 33.0 Å². The van der Waals surface area contributed by atoms with E-state index in [-0.39, 0.29) is 38.2 Å². The zero-order chi connectivity index (χ0) is 46.8. The van der Waals surface area contributed by atoms with Gasteiger partial charge in [0.05, 0.1) is 22.9 Å². The first-order valence-corrected chi connectivity index (χ1v) is 23.0. The molecule has 1 saturated carbocycles. The summed E-state index contributed by atoms with van der Waals surface area (Å²) in [7, 11) is 0. The molecule has 3 aromatic rings. The van der Waals surface area contributed by atoms with Crippen LogP contribution in [0.2, 0.25) is 0 Å². The fraction of sp³-hybridized carbons (Fsp3) is 0.490. The molecule has 0 radical (unpaired) electrons. The Morgan fingerprint density at radius 2 is 1.36 bits per heavy atom. The maximum absolute atomic E-state index is 13.8. The lowest BCUT2D eigenvalue weighted by atomic mass is 9.65. The van der Waals surface area contributed by atoms with Crippen molar-refractivity contribution >= 4 is 53.2 Å². The SMILES string of the molecule is CCCOCCOc1ccc(Sc2ccc(C(=O)C(C)=NOC(=O)C(C)(CC)CC(C)(CC(C)(C)C(=O)O)C(=O)OCCOC(=O)/C=C/c3ccc(C4CCCCC4)cc3)cc2)cc1. The molecule has 12 nitrogen and oxygen atoms in total. The van der Waals surface area contributed by atoms with Crippen molar-refractivity contribution in [3.05, 3.63) is 95.6 Å². The lowest BCUT2D eigenvalue weighted by Crippen LogP contribution is -2.44. The predicted octanol–water partition coefficient (Wildman–Crippen LogP) is 10.9. The number of nitrogens with zero attached hydrogens (tertiary/aromatic N) is 1. The second-order valence-corrected chi connectivity index (χ2v) is 18.7. The number of carbonyl (C=O) groups excluding carboxylic acids is 4. The summed E-state index contributed by atoms with van der Waals surface area (Å²) in [6, 6.07) is 22.8. The number of carboxylic acid groups (broad SMARTS) is 1. The molecule has 3 aromatic carbocycles. The van der Waals surface area contributed by atoms with Gasteiger partial charge in [0.1, 0.15) is 31.3 Å². The van der Waals surface area contributed by atoms with Crippen molar-refractivity contribution < 1.29 is 52.9 Å². The summed E-state index contributed by atoms with van der Waals surface area (Å²) < 4.78 is 22.0. The van der Waals surface area contributed by atoms with Crippen LogP contribution in [-0.4, -0.2) is 73.5 Å². The number of carbonyl (C=O) groups is 5. The van der Waals surface area contributed by atoms with E-state index in [0.717, 1.165) is 27.5 Å². The Morgan fingerprint density at radius 1 is 0.734 bits per heavy atom. The van der Waals surface area contributed by atoms with Gasteiger partial charge in [-0.2, -0.15) is 0 Å². The zero-order valence-electron chi connectivity index (χ0n) is 38.4. The standard InChI is InChI=1S/C51H65NO11S/c1-8-29-59-30-31-60-41-22-26-43(27-23-41)64-42-24-20-40(21-25-42)45(54)36(3)52-63-48(58)50(6,9-2)35-51(7,34-49(4,5)46(55)56)47(57)62-33-32-61-44(53)28-17-37-15-18-39(19-16-37)38-13-11-10-12-14-38/h15-28,38H,8-14,29-35H2,1-7H3,(H,55,56)/b28-17+,52-36?. The number of rotatable bonds is 25. The minimum atomic E-state index is -1.49. The Hall–Kier alpha value is -5.27. The van der Waals surface area contributed by atoms with E-state index in [4.69, 9.17) is 23.8 Å². The molecule has 0 saturated heterocycles. The summed E-state index contributed by atoms with van der Waals surface area (Å²) >= 11 is 1.52. The topological polar surface area (TPSA) is 164 Å². The van der Waals surface area contributed by atoms with E-state index in [0.29, 0.717) is 31.3 Å². The van der Waals surface area contributed by atoms with Gasteiger partial charge >= 0.3 is 23.9 Å². The maximum Gasteiger partial charge on any atom is 0.340 e. The average Bonchev–Trinajstić information content (AvgIpc) is 3.29. The molecule has 2 unspecified atom stereocenters. The first-order chi connectivity index (χ1) is 30.5. The summed E-state index contributed by atoms with van der Waals surface area (Å²) in [6.45, 7) is 12.6. The summed E-state index contributed by atoms with van der Waals surface area (Å²) in [6.07, 6.45) is 10.0. The third-order valence-corrected chi connectivity index (χ3v) is 12.6. The van der Waals surface area contributed by atoms with Crippen LogP contribution in [0.5, 0.6) is 5.75 Å². The monoisotopic (exact) mass is 899 g/mol. The van der Waals surface area contributed by atoms with E-state index >= 15 is 0 Å². The molecule has 2 atom stereocenters. The molecule has 1 fully saturated rings. The summed E-state index contributed by atoms with van der Waals surface area (Å²) in [5.74, 6) is -2.41. The van der Waals surface area contributed by atoms with Gasteiger partial charge in [-0.1, -0.05) is 74.3 Å². The average molecular weight is 900 g/mol. The maximum atomic E-state index is 13.8. The lowest BCUT2D eigenvalue weighted by Gasteiger charge is -2.38. The van der Waals surface area contributed by atoms with Crippen LogP contribution in [0.3, 0.4) is 0 Å². The van der Waals surface area contributed by atoms with Crippen molar-refractivity contribution in [2.45, 2.75) is 122 Å². The van der Waals surface area contributed by atoms with Gasteiger partial charge < -0.3 is 28.9 Å². The van der Waals surface area contributed by atoms with Crippen LogP contribution >= 0.6 is 11.8 Å². The quantitative estimate of drug-likeness (QED) is 0.0163. The third kappa shape index (κ3) is 15.8. The van der Waals surface area contributed by atoms with E-state index in [1.54, 1.807) is 39.0 Å². The highest BCUT2D eigenvalue weighted by atomic mass is 32.2. The number of ether oxygens (including phenoxy) is 4. The molecular formula is C51H65NO11S. The lowest BCUT2D eigenvalue weighted by molar-refractivity contribution is -0.169. The number of aliphatic carboxylic acids is 1. The molecule has 0 spiro atoms. The van der Waals surface area contributed by atoms with Gasteiger partial charge in [0.2, 0.25) is 5.78 Å². The van der Waals surface area contributed by atoms with Gasteiger partial charge in [-0.3, -0.25) is 14.4 Å². The van der Waals surface area contributed by atoms with Gasteiger partial charge in [0.25, 0.3) is 0 Å². The van der Waals surface area contributed by atoms with E-state index < -0.39 is 45.9 Å². The summed E-state index contributed by atoms with van der Waals surface area (Å²) in [5.41, 5.74) is -1.75. The van der Waals surface area contributed by atoms with E-state index in [1.165, 1.54) is 76.3 Å². The Balaban J connectivity index is 1.32. The molecule has 4 rings (SSSR count). The fourth-order valence-electron chi connectivity index (χ4n) is 7.79. The number of hydrogen-bond acceptors (Lipinski definition) is 12. The van der Waals surface area contributed by atoms with Crippen molar-refractivity contribution in [1.82, 2.24) is 0 Å². The van der Waals surface area contributed by atoms with Crippen molar-refractivity contribution in [3.63, 3.8) is 0 Å². The van der Waals surface area contributed by atoms with Crippen molar-refractivity contribution in [1.29, 1.82) is 0 Å². The number of ketones is 1. The van der Waals surface area contributed by atoms with Gasteiger partial charge in [-0.15, -0.1) is 0 Å². The Bertz CT molecular complexity index is 2070. The molecule has 0 amide bonds. The molecule has 0 heterocycles. The van der Waals surface area contributed by atoms with Crippen molar-refractivity contribution in [3.8, 4) is 5.75 Å². The molecule has 346 valence electrons. The van der Waals surface area contributed by atoms with E-state index in [1.807, 2.05) is 48.5 Å². The third-order valence-electron chi connectivity index (χ3n) is 11.6. The Labute approximate surface area is 382 Å². The van der Waals surface area contributed by atoms with Crippen LogP contribution in [0.1, 0.15) is 134 Å². The molecular weight excluding hydrogens is 835 g/mol. The number of carboxylic acids is 1. The highest BCUT2D eigenvalue weighted by Gasteiger charge is 2.50. The second-order valence-electron chi connectivity index (χ2n) is 17.6. The number of Topliss-reactive ketones (excluding diaryl/α,β-unsaturated/α-hetero) is 1. The van der Waals surface area contributed by atoms with Crippen LogP contribution in [0.25, 0.3) is 6.08 Å². The smallest absolute Gasteiger partial charge is 0.340 e. The highest BCUT2D eigenvalue weighted by Crippen LogP contribution is 2.45. The predicted molar refractivity (Wildman–Crippen MR) is 248 cm³/mol. The normalized spacial score (nSPS) is 15.5. The molecule has 0 aromatic heterocycles. The number of benzene rings is 3. The first kappa shape index (κ1) is 51.4. The second kappa shape index (κ2) is 24.7. The van der Waals surface area contributed by atoms with Gasteiger partial charge in [-0.25, -0.2) is 9.59 Å². The largest absolute Gasteiger partial charge is 0.491 e. The molecule has 64 heavy (non-hydrogen) atoms. The van der Waals surface area contributed by atoms with Crippen LogP contribution in [0.15, 0.2) is 93.8 Å². The van der Waals surface area contributed by atoms with Crippen molar-refractivity contribution in [2.24, 2.45) is 21.4 Å². The number of esters is 2. The first-order valence-electron chi connectivity index (χ1n) is 22.2. The number of hydrogen-bond donors (Lipinski definition) is 1. The van der Waals surface area contributed by atoms with Crippen LogP contribution in [0, 0.1) is 16.2 Å². The zero-order valence-corrected chi connectivity index (χ0v) is 39.3. The molecule has 0 bridgehead atoms. The van der Waals surface area contributed by atoms with Gasteiger partial charge in [0.15, 0.2) is 0 Å². The molecule has 0 aliphatic heterocycles. The minimum absolute atomic E-state index is 0.0611.